The molecule has 0 aromatic heterocycles. The third-order valence-electron chi connectivity index (χ3n) is 1.38. The van der Waals surface area contributed by atoms with Crippen LogP contribution in [0.25, 0.3) is 0 Å². The van der Waals surface area contributed by atoms with E-state index in [1.54, 1.807) is 0 Å². The largest absolute Gasteiger partial charge is 0.573 e. The molecule has 0 amide bonds. The maximum Gasteiger partial charge on any atom is 0.573 e. The molecule has 1 aromatic carbocycles. The van der Waals surface area contributed by atoms with Crippen molar-refractivity contribution in [1.29, 1.82) is 0 Å². The molecule has 0 fully saturated rings. The van der Waals surface area contributed by atoms with Crippen LogP contribution in [0.2, 0.25) is 0 Å². The highest BCUT2D eigenvalue weighted by atomic mass is 79.9. The molecule has 7 heteroatoms. The summed E-state index contributed by atoms with van der Waals surface area (Å²) in [7, 11) is 0. The van der Waals surface area contributed by atoms with E-state index < -0.39 is 17.4 Å². The summed E-state index contributed by atoms with van der Waals surface area (Å²) >= 11 is 7.97. The average molecular weight is 303 g/mol. The van der Waals surface area contributed by atoms with Crippen LogP contribution in [0.4, 0.5) is 13.2 Å². The van der Waals surface area contributed by atoms with Gasteiger partial charge in [0.25, 0.3) is 5.24 Å². The summed E-state index contributed by atoms with van der Waals surface area (Å²) in [4.78, 5) is 10.7. The quantitative estimate of drug-likeness (QED) is 0.778. The van der Waals surface area contributed by atoms with Gasteiger partial charge in [-0.1, -0.05) is 0 Å². The first kappa shape index (κ1) is 12.3. The van der Waals surface area contributed by atoms with Gasteiger partial charge in [0.2, 0.25) is 0 Å². The summed E-state index contributed by atoms with van der Waals surface area (Å²) in [5, 5.41) is -0.755. The fourth-order valence-electron chi connectivity index (χ4n) is 0.831. The number of halogens is 5. The van der Waals surface area contributed by atoms with E-state index in [4.69, 9.17) is 11.6 Å². The van der Waals surface area contributed by atoms with Gasteiger partial charge in [0.05, 0.1) is 4.47 Å². The Labute approximate surface area is 96.1 Å². The van der Waals surface area contributed by atoms with Crippen LogP contribution in [0, 0.1) is 0 Å². The first-order chi connectivity index (χ1) is 6.79. The van der Waals surface area contributed by atoms with E-state index in [-0.39, 0.29) is 10.0 Å². The molecule has 0 N–H and O–H groups in total. The Balaban J connectivity index is 2.99. The van der Waals surface area contributed by atoms with Crippen LogP contribution < -0.4 is 4.74 Å². The summed E-state index contributed by atoms with van der Waals surface area (Å²) in [5.41, 5.74) is 0.0815. The van der Waals surface area contributed by atoms with Gasteiger partial charge in [-0.25, -0.2) is 0 Å². The number of hydrogen-bond donors (Lipinski definition) is 0. The lowest BCUT2D eigenvalue weighted by molar-refractivity contribution is -0.274. The summed E-state index contributed by atoms with van der Waals surface area (Å²) in [6.07, 6.45) is -4.77. The zero-order valence-corrected chi connectivity index (χ0v) is 9.28. The lowest BCUT2D eigenvalue weighted by Crippen LogP contribution is -2.17. The third-order valence-corrected chi connectivity index (χ3v) is 2.22. The van der Waals surface area contributed by atoms with E-state index in [0.29, 0.717) is 0 Å². The van der Waals surface area contributed by atoms with Gasteiger partial charge in [0.15, 0.2) is 0 Å². The molecule has 0 aliphatic carbocycles. The number of rotatable bonds is 2. The highest BCUT2D eigenvalue weighted by Crippen LogP contribution is 2.31. The summed E-state index contributed by atoms with van der Waals surface area (Å²) < 4.78 is 39.2. The van der Waals surface area contributed by atoms with Crippen LogP contribution in [0.5, 0.6) is 5.75 Å². The molecule has 0 aliphatic rings. The van der Waals surface area contributed by atoms with Crippen molar-refractivity contribution in [1.82, 2.24) is 0 Å². The maximum absolute atomic E-state index is 11.8. The number of carbonyl (C=O) groups is 1. The number of hydrogen-bond acceptors (Lipinski definition) is 2. The molecule has 15 heavy (non-hydrogen) atoms. The first-order valence-electron chi connectivity index (χ1n) is 3.55. The molecule has 0 saturated heterocycles. The second-order valence-electron chi connectivity index (χ2n) is 2.47. The van der Waals surface area contributed by atoms with Crippen LogP contribution in [0.3, 0.4) is 0 Å². The first-order valence-corrected chi connectivity index (χ1v) is 4.72. The minimum Gasteiger partial charge on any atom is -0.405 e. The van der Waals surface area contributed by atoms with E-state index in [1.165, 1.54) is 0 Å². The topological polar surface area (TPSA) is 26.3 Å². The molecule has 0 atom stereocenters. The van der Waals surface area contributed by atoms with Crippen molar-refractivity contribution in [3.8, 4) is 5.75 Å². The lowest BCUT2D eigenvalue weighted by Gasteiger charge is -2.10. The van der Waals surface area contributed by atoms with Crippen LogP contribution >= 0.6 is 27.5 Å². The molecular formula is C8H3BrClF3O2. The Hall–Kier alpha value is -0.750. The van der Waals surface area contributed by atoms with Crippen molar-refractivity contribution in [3.05, 3.63) is 28.2 Å². The normalized spacial score (nSPS) is 11.3. The Morgan fingerprint density at radius 1 is 1.40 bits per heavy atom. The number of alkyl halides is 3. The molecule has 0 radical (unpaired) electrons. The minimum atomic E-state index is -4.77. The molecule has 0 heterocycles. The van der Waals surface area contributed by atoms with E-state index in [2.05, 4.69) is 20.7 Å². The standard InChI is InChI=1S/C8H3BrClF3O2/c9-5-3-4(7(10)14)1-2-6(5)15-8(11,12)13/h1-3H. The maximum atomic E-state index is 11.8. The number of benzene rings is 1. The summed E-state index contributed by atoms with van der Waals surface area (Å²) in [6.45, 7) is 0. The van der Waals surface area contributed by atoms with Gasteiger partial charge < -0.3 is 4.74 Å². The molecule has 1 aromatic rings. The van der Waals surface area contributed by atoms with Crippen molar-refractivity contribution < 1.29 is 22.7 Å². The van der Waals surface area contributed by atoms with Crippen LogP contribution in [0.1, 0.15) is 10.4 Å². The smallest absolute Gasteiger partial charge is 0.405 e. The summed E-state index contributed by atoms with van der Waals surface area (Å²) in [6, 6.07) is 3.30. The molecule has 0 aliphatic heterocycles. The molecule has 82 valence electrons. The second kappa shape index (κ2) is 4.40. The SMILES string of the molecule is O=C(Cl)c1ccc(OC(F)(F)F)c(Br)c1. The molecular weight excluding hydrogens is 300 g/mol. The predicted octanol–water partition coefficient (Wildman–Crippen LogP) is 3.73. The Morgan fingerprint density at radius 2 is 2.00 bits per heavy atom. The highest BCUT2D eigenvalue weighted by Gasteiger charge is 2.32. The van der Waals surface area contributed by atoms with E-state index in [9.17, 15) is 18.0 Å². The van der Waals surface area contributed by atoms with Gasteiger partial charge in [-0.2, -0.15) is 0 Å². The van der Waals surface area contributed by atoms with Crippen molar-refractivity contribution in [2.24, 2.45) is 0 Å². The number of carbonyl (C=O) groups excluding carboxylic acids is 1. The fraction of sp³-hybridized carbons (Fsp3) is 0.125. The van der Waals surface area contributed by atoms with Gasteiger partial charge >= 0.3 is 6.36 Å². The molecule has 0 spiro atoms. The van der Waals surface area contributed by atoms with Gasteiger partial charge in [-0.05, 0) is 45.7 Å². The lowest BCUT2D eigenvalue weighted by atomic mass is 10.2. The van der Waals surface area contributed by atoms with Crippen LogP contribution in [0.15, 0.2) is 22.7 Å². The van der Waals surface area contributed by atoms with E-state index >= 15 is 0 Å². The average Bonchev–Trinajstić information content (AvgIpc) is 2.05. The fourth-order valence-corrected chi connectivity index (χ4v) is 1.41. The van der Waals surface area contributed by atoms with E-state index in [0.717, 1.165) is 18.2 Å². The second-order valence-corrected chi connectivity index (χ2v) is 3.66. The number of ether oxygens (including phenoxy) is 1. The van der Waals surface area contributed by atoms with E-state index in [1.807, 2.05) is 0 Å². The van der Waals surface area contributed by atoms with Crippen LogP contribution in [-0.2, 0) is 0 Å². The third kappa shape index (κ3) is 3.71. The van der Waals surface area contributed by atoms with Gasteiger partial charge in [0.1, 0.15) is 5.75 Å². The Bertz CT molecular complexity index is 392. The Kier molecular flexibility index (Phi) is 3.62. The molecule has 0 bridgehead atoms. The molecule has 1 rings (SSSR count). The predicted molar refractivity (Wildman–Crippen MR) is 51.0 cm³/mol. The van der Waals surface area contributed by atoms with Crippen molar-refractivity contribution in [2.75, 3.05) is 0 Å². The van der Waals surface area contributed by atoms with Crippen molar-refractivity contribution >= 4 is 32.8 Å². The van der Waals surface area contributed by atoms with Crippen molar-refractivity contribution in [3.63, 3.8) is 0 Å². The highest BCUT2D eigenvalue weighted by molar-refractivity contribution is 9.10. The Morgan fingerprint density at radius 3 is 2.40 bits per heavy atom. The van der Waals surface area contributed by atoms with Gasteiger partial charge in [0, 0.05) is 5.56 Å². The van der Waals surface area contributed by atoms with Crippen molar-refractivity contribution in [2.45, 2.75) is 6.36 Å². The van der Waals surface area contributed by atoms with Gasteiger partial charge in [-0.15, -0.1) is 13.2 Å². The van der Waals surface area contributed by atoms with Gasteiger partial charge in [-0.3, -0.25) is 4.79 Å². The molecule has 0 unspecified atom stereocenters. The summed E-state index contributed by atoms with van der Waals surface area (Å²) in [5.74, 6) is -0.427. The monoisotopic (exact) mass is 302 g/mol. The zero-order valence-electron chi connectivity index (χ0n) is 6.94. The van der Waals surface area contributed by atoms with Crippen LogP contribution in [-0.4, -0.2) is 11.6 Å². The minimum absolute atomic E-state index is 0.00586. The molecule has 2 nitrogen and oxygen atoms in total. The zero-order chi connectivity index (χ0) is 11.6. The molecule has 0 saturated carbocycles.